The normalized spacial score (nSPS) is 16.8. The van der Waals surface area contributed by atoms with Crippen LogP contribution in [0.4, 0.5) is 0 Å². The number of nitrogens with zero attached hydrogens (tertiary/aromatic N) is 1. The minimum atomic E-state index is -0.786. The van der Waals surface area contributed by atoms with Crippen molar-refractivity contribution < 1.29 is 14.7 Å². The Hall–Kier alpha value is -1.36. The van der Waals surface area contributed by atoms with Crippen LogP contribution < -0.4 is 0 Å². The quantitative estimate of drug-likeness (QED) is 0.838. The molecule has 0 aliphatic heterocycles. The maximum Gasteiger partial charge on any atom is 0.303 e. The summed E-state index contributed by atoms with van der Waals surface area (Å²) in [6, 6.07) is 4.02. The Labute approximate surface area is 129 Å². The largest absolute Gasteiger partial charge is 0.481 e. The van der Waals surface area contributed by atoms with E-state index in [4.69, 9.17) is 5.11 Å². The summed E-state index contributed by atoms with van der Waals surface area (Å²) in [6.07, 6.45) is 4.30. The highest BCUT2D eigenvalue weighted by Crippen LogP contribution is 2.44. The van der Waals surface area contributed by atoms with Gasteiger partial charge in [0.2, 0.25) is 5.91 Å². The zero-order valence-corrected chi connectivity index (χ0v) is 13.3. The van der Waals surface area contributed by atoms with Crippen LogP contribution in [-0.4, -0.2) is 28.4 Å². The second kappa shape index (κ2) is 7.07. The van der Waals surface area contributed by atoms with Gasteiger partial charge in [0.05, 0.1) is 13.0 Å². The minimum Gasteiger partial charge on any atom is -0.481 e. The summed E-state index contributed by atoms with van der Waals surface area (Å²) in [5, 5.41) is 11.1. The predicted octanol–water partition coefficient (Wildman–Crippen LogP) is 3.52. The van der Waals surface area contributed by atoms with Crippen LogP contribution >= 0.6 is 11.3 Å². The lowest BCUT2D eigenvalue weighted by Crippen LogP contribution is -2.35. The van der Waals surface area contributed by atoms with Gasteiger partial charge in [-0.3, -0.25) is 9.59 Å². The number of hydrogen-bond acceptors (Lipinski definition) is 3. The van der Waals surface area contributed by atoms with E-state index in [9.17, 15) is 9.59 Å². The van der Waals surface area contributed by atoms with Crippen LogP contribution in [-0.2, 0) is 16.1 Å². The standard InChI is InChI=1S/C16H23NO3S/c1-2-17(12-13-6-5-9-21-13)14(18)10-16(11-15(19)20)7-3-4-8-16/h5-6,9H,2-4,7-8,10-12H2,1H3,(H,19,20). The van der Waals surface area contributed by atoms with Crippen molar-refractivity contribution in [2.24, 2.45) is 5.41 Å². The molecule has 2 rings (SSSR count). The van der Waals surface area contributed by atoms with E-state index in [1.807, 2.05) is 29.3 Å². The molecular weight excluding hydrogens is 286 g/mol. The number of amides is 1. The first-order valence-electron chi connectivity index (χ1n) is 7.57. The van der Waals surface area contributed by atoms with Crippen LogP contribution in [0.15, 0.2) is 17.5 Å². The minimum absolute atomic E-state index is 0.0917. The number of aliphatic carboxylic acids is 1. The van der Waals surface area contributed by atoms with E-state index in [-0.39, 0.29) is 17.7 Å². The molecule has 1 amide bonds. The maximum absolute atomic E-state index is 12.6. The van der Waals surface area contributed by atoms with E-state index < -0.39 is 5.97 Å². The van der Waals surface area contributed by atoms with E-state index in [0.29, 0.717) is 19.5 Å². The molecule has 1 fully saturated rings. The fourth-order valence-corrected chi connectivity index (χ4v) is 3.98. The van der Waals surface area contributed by atoms with Crippen molar-refractivity contribution in [2.45, 2.75) is 52.0 Å². The van der Waals surface area contributed by atoms with Gasteiger partial charge in [-0.15, -0.1) is 11.3 Å². The van der Waals surface area contributed by atoms with Crippen LogP contribution in [0.5, 0.6) is 0 Å². The van der Waals surface area contributed by atoms with E-state index in [2.05, 4.69) is 0 Å². The molecule has 0 aromatic carbocycles. The molecule has 0 spiro atoms. The van der Waals surface area contributed by atoms with Crippen LogP contribution in [0.3, 0.4) is 0 Å². The van der Waals surface area contributed by atoms with Crippen molar-refractivity contribution in [3.05, 3.63) is 22.4 Å². The van der Waals surface area contributed by atoms with Gasteiger partial charge >= 0.3 is 5.97 Å². The van der Waals surface area contributed by atoms with Gasteiger partial charge in [0.25, 0.3) is 0 Å². The smallest absolute Gasteiger partial charge is 0.303 e. The highest BCUT2D eigenvalue weighted by molar-refractivity contribution is 7.09. The fraction of sp³-hybridized carbons (Fsp3) is 0.625. The molecule has 0 unspecified atom stereocenters. The average Bonchev–Trinajstić information content (AvgIpc) is 3.07. The molecule has 0 atom stereocenters. The van der Waals surface area contributed by atoms with Gasteiger partial charge in [-0.2, -0.15) is 0 Å². The first-order valence-corrected chi connectivity index (χ1v) is 8.44. The second-order valence-corrected chi connectivity index (χ2v) is 6.97. The van der Waals surface area contributed by atoms with E-state index in [1.54, 1.807) is 11.3 Å². The lowest BCUT2D eigenvalue weighted by atomic mass is 9.79. The van der Waals surface area contributed by atoms with Crippen molar-refractivity contribution in [3.8, 4) is 0 Å². The molecule has 116 valence electrons. The third-order valence-corrected chi connectivity index (χ3v) is 5.24. The van der Waals surface area contributed by atoms with Crippen molar-refractivity contribution in [1.82, 2.24) is 4.90 Å². The summed E-state index contributed by atoms with van der Waals surface area (Å²) in [5.74, 6) is -0.694. The van der Waals surface area contributed by atoms with Crippen molar-refractivity contribution >= 4 is 23.2 Å². The zero-order valence-electron chi connectivity index (χ0n) is 12.5. The van der Waals surface area contributed by atoms with Gasteiger partial charge < -0.3 is 10.0 Å². The SMILES string of the molecule is CCN(Cc1cccs1)C(=O)CC1(CC(=O)O)CCCC1. The summed E-state index contributed by atoms with van der Waals surface area (Å²) in [7, 11) is 0. The van der Waals surface area contributed by atoms with Gasteiger partial charge in [0.15, 0.2) is 0 Å². The molecule has 5 heteroatoms. The molecule has 1 aromatic rings. The second-order valence-electron chi connectivity index (χ2n) is 5.94. The Balaban J connectivity index is 2.01. The van der Waals surface area contributed by atoms with Crippen LogP contribution in [0.25, 0.3) is 0 Å². The Morgan fingerprint density at radius 1 is 1.33 bits per heavy atom. The topological polar surface area (TPSA) is 57.6 Å². The van der Waals surface area contributed by atoms with Crippen molar-refractivity contribution in [1.29, 1.82) is 0 Å². The molecule has 1 aliphatic carbocycles. The Bertz CT molecular complexity index is 478. The number of rotatable bonds is 7. The first-order chi connectivity index (χ1) is 10.0. The highest BCUT2D eigenvalue weighted by atomic mass is 32.1. The van der Waals surface area contributed by atoms with Gasteiger partial charge in [0, 0.05) is 17.8 Å². The molecule has 1 N–H and O–H groups in total. The van der Waals surface area contributed by atoms with Gasteiger partial charge in [-0.25, -0.2) is 0 Å². The fourth-order valence-electron chi connectivity index (χ4n) is 3.26. The Morgan fingerprint density at radius 2 is 2.05 bits per heavy atom. The lowest BCUT2D eigenvalue weighted by Gasteiger charge is -2.30. The van der Waals surface area contributed by atoms with Crippen LogP contribution in [0.2, 0.25) is 0 Å². The molecule has 0 radical (unpaired) electrons. The number of carbonyl (C=O) groups is 2. The average molecular weight is 309 g/mol. The molecule has 0 bridgehead atoms. The van der Waals surface area contributed by atoms with Gasteiger partial charge in [-0.05, 0) is 36.6 Å². The third kappa shape index (κ3) is 4.30. The Morgan fingerprint density at radius 3 is 2.57 bits per heavy atom. The Kier molecular flexibility index (Phi) is 5.39. The molecule has 1 heterocycles. The number of carbonyl (C=O) groups excluding carboxylic acids is 1. The molecule has 1 aliphatic rings. The van der Waals surface area contributed by atoms with Crippen molar-refractivity contribution in [2.75, 3.05) is 6.54 Å². The highest BCUT2D eigenvalue weighted by Gasteiger charge is 2.38. The van der Waals surface area contributed by atoms with Crippen LogP contribution in [0.1, 0.15) is 50.3 Å². The monoisotopic (exact) mass is 309 g/mol. The maximum atomic E-state index is 12.6. The van der Waals surface area contributed by atoms with Gasteiger partial charge in [-0.1, -0.05) is 18.9 Å². The number of hydrogen-bond donors (Lipinski definition) is 1. The number of carboxylic acid groups (broad SMARTS) is 1. The summed E-state index contributed by atoms with van der Waals surface area (Å²) in [4.78, 5) is 26.7. The molecule has 0 saturated heterocycles. The zero-order chi connectivity index (χ0) is 15.3. The summed E-state index contributed by atoms with van der Waals surface area (Å²) in [6.45, 7) is 3.28. The number of thiophene rings is 1. The summed E-state index contributed by atoms with van der Waals surface area (Å²) in [5.41, 5.74) is -0.314. The van der Waals surface area contributed by atoms with E-state index in [0.717, 1.165) is 25.7 Å². The molecule has 21 heavy (non-hydrogen) atoms. The summed E-state index contributed by atoms with van der Waals surface area (Å²) >= 11 is 1.65. The third-order valence-electron chi connectivity index (χ3n) is 4.38. The number of carboxylic acids is 1. The first kappa shape index (κ1) is 16.0. The molecule has 1 aromatic heterocycles. The summed E-state index contributed by atoms with van der Waals surface area (Å²) < 4.78 is 0. The molecule has 1 saturated carbocycles. The molecular formula is C16H23NO3S. The lowest BCUT2D eigenvalue weighted by molar-refractivity contribution is -0.141. The van der Waals surface area contributed by atoms with Crippen LogP contribution in [0, 0.1) is 5.41 Å². The van der Waals surface area contributed by atoms with E-state index >= 15 is 0 Å². The molecule has 4 nitrogen and oxygen atoms in total. The van der Waals surface area contributed by atoms with E-state index in [1.165, 1.54) is 4.88 Å². The van der Waals surface area contributed by atoms with Gasteiger partial charge in [0.1, 0.15) is 0 Å². The van der Waals surface area contributed by atoms with Crippen molar-refractivity contribution in [3.63, 3.8) is 0 Å². The predicted molar refractivity (Wildman–Crippen MR) is 83.2 cm³/mol.